The first-order chi connectivity index (χ1) is 10.0. The lowest BCUT2D eigenvalue weighted by Gasteiger charge is -2.02. The minimum absolute atomic E-state index is 0.105. The largest absolute Gasteiger partial charge is 0.465 e. The van der Waals surface area contributed by atoms with Gasteiger partial charge in [0.25, 0.3) is 5.69 Å². The highest BCUT2D eigenvalue weighted by Gasteiger charge is 2.23. The Balaban J connectivity index is 3.18. The first-order valence-corrected chi connectivity index (χ1v) is 5.57. The third-order valence-corrected chi connectivity index (χ3v) is 2.31. The average Bonchev–Trinajstić information content (AvgIpc) is 2.47. The fourth-order valence-corrected chi connectivity index (χ4v) is 1.39. The van der Waals surface area contributed by atoms with Gasteiger partial charge in [-0.1, -0.05) is 17.0 Å². The van der Waals surface area contributed by atoms with Gasteiger partial charge in [-0.2, -0.15) is 0 Å². The molecule has 0 aliphatic rings. The summed E-state index contributed by atoms with van der Waals surface area (Å²) in [6.45, 7) is 0.105. The van der Waals surface area contributed by atoms with Crippen molar-refractivity contribution in [1.82, 2.24) is 0 Å². The molecule has 1 aromatic carbocycles. The fourth-order valence-electron chi connectivity index (χ4n) is 1.39. The Labute approximate surface area is 118 Å². The molecule has 9 heteroatoms. The van der Waals surface area contributed by atoms with Crippen LogP contribution in [0.15, 0.2) is 17.2 Å². The summed E-state index contributed by atoms with van der Waals surface area (Å²) in [7, 11) is 1.04. The normalized spacial score (nSPS) is 9.05. The van der Waals surface area contributed by atoms with Gasteiger partial charge < -0.3 is 4.74 Å². The van der Waals surface area contributed by atoms with Crippen LogP contribution in [0.4, 0.5) is 10.1 Å². The molecule has 1 aromatic rings. The van der Waals surface area contributed by atoms with Crippen LogP contribution in [-0.4, -0.2) is 24.5 Å². The molecule has 0 N–H and O–H groups in total. The van der Waals surface area contributed by atoms with Crippen LogP contribution in [0.3, 0.4) is 0 Å². The van der Waals surface area contributed by atoms with Crippen LogP contribution in [0.25, 0.3) is 10.4 Å². The van der Waals surface area contributed by atoms with Crippen molar-refractivity contribution in [3.63, 3.8) is 0 Å². The van der Waals surface area contributed by atoms with Crippen LogP contribution in [0.1, 0.15) is 22.3 Å². The summed E-state index contributed by atoms with van der Waals surface area (Å²) >= 11 is 0. The van der Waals surface area contributed by atoms with E-state index < -0.39 is 28.0 Å². The lowest BCUT2D eigenvalue weighted by molar-refractivity contribution is -0.385. The smallest absolute Gasteiger partial charge is 0.344 e. The Morgan fingerprint density at radius 3 is 2.90 bits per heavy atom. The number of nitro groups is 1. The van der Waals surface area contributed by atoms with Crippen molar-refractivity contribution in [3.05, 3.63) is 49.6 Å². The van der Waals surface area contributed by atoms with Gasteiger partial charge in [-0.05, 0) is 11.6 Å². The number of ether oxygens (including phenoxy) is 1. The van der Waals surface area contributed by atoms with Gasteiger partial charge in [0.15, 0.2) is 0 Å². The van der Waals surface area contributed by atoms with Crippen molar-refractivity contribution in [1.29, 1.82) is 0 Å². The molecule has 0 saturated carbocycles. The molecule has 0 fully saturated rings. The van der Waals surface area contributed by atoms with E-state index in [1.54, 1.807) is 0 Å². The zero-order valence-electron chi connectivity index (χ0n) is 10.9. The zero-order valence-corrected chi connectivity index (χ0v) is 10.9. The van der Waals surface area contributed by atoms with Gasteiger partial charge in [0.05, 0.1) is 17.6 Å². The standard InChI is InChI=1S/C12H9FN4O4/c1-21-12(18)9-7-10(13)8(6-11(9)17(19)20)4-2-3-5-15-16-14/h6-7H,3,5H2,1H3. The predicted molar refractivity (Wildman–Crippen MR) is 69.9 cm³/mol. The molecule has 0 spiro atoms. The quantitative estimate of drug-likeness (QED) is 0.124. The van der Waals surface area contributed by atoms with Gasteiger partial charge in [0.2, 0.25) is 0 Å². The van der Waals surface area contributed by atoms with Crippen molar-refractivity contribution in [2.24, 2.45) is 5.11 Å². The number of halogens is 1. The van der Waals surface area contributed by atoms with Gasteiger partial charge in [-0.15, -0.1) is 0 Å². The molecule has 0 aliphatic carbocycles. The second-order valence-corrected chi connectivity index (χ2v) is 3.60. The van der Waals surface area contributed by atoms with E-state index in [0.717, 1.165) is 13.2 Å². The van der Waals surface area contributed by atoms with E-state index in [-0.39, 0.29) is 18.5 Å². The van der Waals surface area contributed by atoms with E-state index in [0.29, 0.717) is 6.07 Å². The molecule has 0 aromatic heterocycles. The van der Waals surface area contributed by atoms with Gasteiger partial charge in [-0.25, -0.2) is 9.18 Å². The summed E-state index contributed by atoms with van der Waals surface area (Å²) < 4.78 is 18.1. The van der Waals surface area contributed by atoms with E-state index in [2.05, 4.69) is 26.6 Å². The molecular weight excluding hydrogens is 283 g/mol. The minimum Gasteiger partial charge on any atom is -0.465 e. The van der Waals surface area contributed by atoms with Crippen LogP contribution in [0, 0.1) is 27.8 Å². The van der Waals surface area contributed by atoms with Crippen LogP contribution < -0.4 is 0 Å². The maximum atomic E-state index is 13.8. The number of esters is 1. The number of hydrogen-bond donors (Lipinski definition) is 0. The lowest BCUT2D eigenvalue weighted by Crippen LogP contribution is -2.07. The highest BCUT2D eigenvalue weighted by atomic mass is 19.1. The fraction of sp³-hybridized carbons (Fsp3) is 0.250. The molecule has 0 heterocycles. The zero-order chi connectivity index (χ0) is 15.8. The number of nitro benzene ring substituents is 1. The molecule has 0 aliphatic heterocycles. The summed E-state index contributed by atoms with van der Waals surface area (Å²) in [4.78, 5) is 23.9. The number of benzene rings is 1. The summed E-state index contributed by atoms with van der Waals surface area (Å²) in [6.07, 6.45) is 0.177. The first-order valence-electron chi connectivity index (χ1n) is 5.57. The first kappa shape index (κ1) is 15.9. The van der Waals surface area contributed by atoms with Crippen molar-refractivity contribution in [3.8, 4) is 11.8 Å². The maximum absolute atomic E-state index is 13.8. The number of nitrogens with zero attached hydrogens (tertiary/aromatic N) is 4. The molecule has 0 unspecified atom stereocenters. The van der Waals surface area contributed by atoms with Crippen molar-refractivity contribution in [2.45, 2.75) is 6.42 Å². The average molecular weight is 292 g/mol. The van der Waals surface area contributed by atoms with Crippen LogP contribution >= 0.6 is 0 Å². The highest BCUT2D eigenvalue weighted by molar-refractivity contribution is 5.94. The van der Waals surface area contributed by atoms with E-state index in [1.165, 1.54) is 0 Å². The van der Waals surface area contributed by atoms with Gasteiger partial charge in [0, 0.05) is 23.9 Å². The third kappa shape index (κ3) is 4.19. The van der Waals surface area contributed by atoms with E-state index in [4.69, 9.17) is 5.53 Å². The molecule has 0 saturated heterocycles. The molecule has 0 radical (unpaired) electrons. The van der Waals surface area contributed by atoms with E-state index >= 15 is 0 Å². The Morgan fingerprint density at radius 2 is 2.33 bits per heavy atom. The predicted octanol–water partition coefficient (Wildman–Crippen LogP) is 2.57. The molecule has 0 atom stereocenters. The minimum atomic E-state index is -1.01. The topological polar surface area (TPSA) is 118 Å². The number of carbonyl (C=O) groups is 1. The third-order valence-electron chi connectivity index (χ3n) is 2.31. The molecule has 1 rings (SSSR count). The van der Waals surface area contributed by atoms with Crippen molar-refractivity contribution >= 4 is 11.7 Å². The molecule has 108 valence electrons. The SMILES string of the molecule is COC(=O)c1cc(F)c(C#CCCN=[N+]=[N-])cc1[N+](=O)[O-]. The van der Waals surface area contributed by atoms with E-state index in [9.17, 15) is 19.3 Å². The summed E-state index contributed by atoms with van der Waals surface area (Å²) in [6, 6.07) is 1.57. The molecule has 8 nitrogen and oxygen atoms in total. The highest BCUT2D eigenvalue weighted by Crippen LogP contribution is 2.23. The Hall–Kier alpha value is -3.11. The van der Waals surface area contributed by atoms with Gasteiger partial charge >= 0.3 is 5.97 Å². The monoisotopic (exact) mass is 292 g/mol. The molecule has 21 heavy (non-hydrogen) atoms. The number of rotatable bonds is 4. The Morgan fingerprint density at radius 1 is 1.62 bits per heavy atom. The van der Waals surface area contributed by atoms with Gasteiger partial charge in [-0.3, -0.25) is 10.1 Å². The van der Waals surface area contributed by atoms with Crippen LogP contribution in [0.2, 0.25) is 0 Å². The number of methoxy groups -OCH3 is 1. The second kappa shape index (κ2) is 7.47. The van der Waals surface area contributed by atoms with E-state index in [1.807, 2.05) is 0 Å². The van der Waals surface area contributed by atoms with Crippen molar-refractivity contribution in [2.75, 3.05) is 13.7 Å². The van der Waals surface area contributed by atoms with Crippen LogP contribution in [0.5, 0.6) is 0 Å². The second-order valence-electron chi connectivity index (χ2n) is 3.60. The summed E-state index contributed by atoms with van der Waals surface area (Å²) in [5.74, 6) is 3.01. The lowest BCUT2D eigenvalue weighted by atomic mass is 10.1. The number of carbonyl (C=O) groups excluding carboxylic acids is 1. The molecule has 0 bridgehead atoms. The molecule has 0 amide bonds. The molecular formula is C12H9FN4O4. The van der Waals surface area contributed by atoms with Crippen LogP contribution in [-0.2, 0) is 4.74 Å². The number of azide groups is 1. The maximum Gasteiger partial charge on any atom is 0.344 e. The van der Waals surface area contributed by atoms with Crippen molar-refractivity contribution < 1.29 is 18.8 Å². The number of hydrogen-bond acceptors (Lipinski definition) is 5. The Kier molecular flexibility index (Phi) is 5.67. The Bertz CT molecular complexity index is 686. The summed E-state index contributed by atoms with van der Waals surface area (Å²) in [5.41, 5.74) is 6.75. The summed E-state index contributed by atoms with van der Waals surface area (Å²) in [5, 5.41) is 14.1. The van der Waals surface area contributed by atoms with Gasteiger partial charge in [0.1, 0.15) is 11.4 Å².